The van der Waals surface area contributed by atoms with Crippen LogP contribution < -0.4 is 5.32 Å². The van der Waals surface area contributed by atoms with Crippen molar-refractivity contribution in [3.63, 3.8) is 0 Å². The Morgan fingerprint density at radius 1 is 0.882 bits per heavy atom. The van der Waals surface area contributed by atoms with E-state index in [1.54, 1.807) is 40.8 Å². The van der Waals surface area contributed by atoms with E-state index in [-0.39, 0.29) is 0 Å². The molecule has 5 heterocycles. The average molecular weight is 462 g/mol. The normalized spacial score (nSPS) is 11.1. The molecular weight excluding hydrogens is 442 g/mol. The number of nitrogens with zero attached hydrogens (tertiary/aromatic N) is 6. The number of aromatic nitrogens is 6. The van der Waals surface area contributed by atoms with Crippen LogP contribution in [-0.4, -0.2) is 29.7 Å². The zero-order chi connectivity index (χ0) is 22.7. The molecule has 0 aliphatic heterocycles. The maximum atomic E-state index is 4.93. The number of benzene rings is 1. The zero-order valence-corrected chi connectivity index (χ0v) is 18.9. The van der Waals surface area contributed by atoms with Crippen molar-refractivity contribution in [2.45, 2.75) is 6.54 Å². The van der Waals surface area contributed by atoms with Crippen LogP contribution in [0.4, 0.5) is 5.82 Å². The van der Waals surface area contributed by atoms with Gasteiger partial charge in [-0.3, -0.25) is 4.98 Å². The minimum atomic E-state index is 0.583. The molecule has 0 unspecified atom stereocenters. The number of nitrogens with one attached hydrogen (secondary N) is 1. The summed E-state index contributed by atoms with van der Waals surface area (Å²) in [5.74, 6) is 2.21. The van der Waals surface area contributed by atoms with Gasteiger partial charge in [-0.15, -0.1) is 11.3 Å². The molecule has 0 atom stereocenters. The van der Waals surface area contributed by atoms with Gasteiger partial charge < -0.3 is 5.32 Å². The molecule has 0 aliphatic carbocycles. The SMILES string of the molecule is c1ccc(-c2csc3nc(-c4cccnc4)nc(NCc4ccnc(-n5cccn5)c4)c23)cc1. The van der Waals surface area contributed by atoms with Crippen LogP contribution in [0.15, 0.2) is 97.0 Å². The van der Waals surface area contributed by atoms with Gasteiger partial charge in [0.15, 0.2) is 11.6 Å². The molecule has 7 nitrogen and oxygen atoms in total. The molecular formula is C26H19N7S. The van der Waals surface area contributed by atoms with Crippen molar-refractivity contribution in [2.75, 3.05) is 5.32 Å². The fourth-order valence-corrected chi connectivity index (χ4v) is 4.76. The van der Waals surface area contributed by atoms with Crippen LogP contribution in [-0.2, 0) is 6.54 Å². The molecule has 34 heavy (non-hydrogen) atoms. The lowest BCUT2D eigenvalue weighted by molar-refractivity contribution is 0.843. The minimum absolute atomic E-state index is 0.583. The third-order valence-corrected chi connectivity index (χ3v) is 6.32. The maximum Gasteiger partial charge on any atom is 0.164 e. The minimum Gasteiger partial charge on any atom is -0.365 e. The van der Waals surface area contributed by atoms with Gasteiger partial charge in [0.05, 0.1) is 5.39 Å². The van der Waals surface area contributed by atoms with Crippen molar-refractivity contribution >= 4 is 27.4 Å². The van der Waals surface area contributed by atoms with Crippen molar-refractivity contribution in [2.24, 2.45) is 0 Å². The lowest BCUT2D eigenvalue weighted by atomic mass is 10.1. The quantitative estimate of drug-likeness (QED) is 0.347. The molecule has 164 valence electrons. The Kier molecular flexibility index (Phi) is 5.25. The Morgan fingerprint density at radius 3 is 2.62 bits per heavy atom. The van der Waals surface area contributed by atoms with Gasteiger partial charge in [0, 0.05) is 54.0 Å². The Balaban J connectivity index is 1.42. The zero-order valence-electron chi connectivity index (χ0n) is 18.0. The van der Waals surface area contributed by atoms with E-state index < -0.39 is 0 Å². The van der Waals surface area contributed by atoms with Gasteiger partial charge in [-0.1, -0.05) is 30.3 Å². The van der Waals surface area contributed by atoms with E-state index in [1.165, 1.54) is 0 Å². The van der Waals surface area contributed by atoms with Crippen molar-refractivity contribution in [1.29, 1.82) is 0 Å². The van der Waals surface area contributed by atoms with Gasteiger partial charge in [-0.2, -0.15) is 5.10 Å². The van der Waals surface area contributed by atoms with Crippen LogP contribution in [0.3, 0.4) is 0 Å². The number of thiophene rings is 1. The van der Waals surface area contributed by atoms with Crippen LogP contribution in [0, 0.1) is 0 Å². The highest BCUT2D eigenvalue weighted by Gasteiger charge is 2.16. The van der Waals surface area contributed by atoms with Crippen molar-refractivity contribution in [3.8, 4) is 28.3 Å². The first-order valence-corrected chi connectivity index (χ1v) is 11.7. The van der Waals surface area contributed by atoms with E-state index in [1.807, 2.05) is 54.7 Å². The molecule has 0 radical (unpaired) electrons. The molecule has 0 saturated heterocycles. The average Bonchev–Trinajstić information content (AvgIpc) is 3.59. The van der Waals surface area contributed by atoms with Gasteiger partial charge in [0.2, 0.25) is 0 Å². The molecule has 1 N–H and O–H groups in total. The summed E-state index contributed by atoms with van der Waals surface area (Å²) in [6, 6.07) is 20.1. The highest BCUT2D eigenvalue weighted by molar-refractivity contribution is 7.17. The first-order chi connectivity index (χ1) is 16.8. The van der Waals surface area contributed by atoms with E-state index in [4.69, 9.17) is 9.97 Å². The van der Waals surface area contributed by atoms with Crippen molar-refractivity contribution in [3.05, 3.63) is 103 Å². The predicted molar refractivity (Wildman–Crippen MR) is 135 cm³/mol. The summed E-state index contributed by atoms with van der Waals surface area (Å²) >= 11 is 1.62. The Morgan fingerprint density at radius 2 is 1.79 bits per heavy atom. The predicted octanol–water partition coefficient (Wildman–Crippen LogP) is 5.61. The Hall–Kier alpha value is -4.43. The van der Waals surface area contributed by atoms with E-state index in [0.717, 1.165) is 44.1 Å². The highest BCUT2D eigenvalue weighted by atomic mass is 32.1. The largest absolute Gasteiger partial charge is 0.365 e. The van der Waals surface area contributed by atoms with Gasteiger partial charge in [0.25, 0.3) is 0 Å². The summed E-state index contributed by atoms with van der Waals surface area (Å²) in [7, 11) is 0. The molecule has 8 heteroatoms. The standard InChI is InChI=1S/C26H19N7S/c1-2-6-19(7-3-1)21-17-34-26-23(21)25(31-24(32-26)20-8-4-10-27-16-20)29-15-18-9-12-28-22(14-18)33-13-5-11-30-33/h1-14,16-17H,15H2,(H,29,31,32). The van der Waals surface area contributed by atoms with E-state index in [2.05, 4.69) is 37.9 Å². The Bertz CT molecular complexity index is 1550. The molecule has 0 aliphatic rings. The first-order valence-electron chi connectivity index (χ1n) is 10.8. The third-order valence-electron chi connectivity index (χ3n) is 5.45. The highest BCUT2D eigenvalue weighted by Crippen LogP contribution is 2.38. The third kappa shape index (κ3) is 3.91. The van der Waals surface area contributed by atoms with E-state index >= 15 is 0 Å². The van der Waals surface area contributed by atoms with Gasteiger partial charge in [-0.05, 0) is 41.5 Å². The lowest BCUT2D eigenvalue weighted by Crippen LogP contribution is -2.06. The first kappa shape index (κ1) is 20.2. The fraction of sp³-hybridized carbons (Fsp3) is 0.0385. The maximum absolute atomic E-state index is 4.93. The van der Waals surface area contributed by atoms with Crippen molar-refractivity contribution in [1.82, 2.24) is 29.7 Å². The van der Waals surface area contributed by atoms with Gasteiger partial charge in [-0.25, -0.2) is 19.6 Å². The number of fused-ring (bicyclic) bond motifs is 1. The summed E-state index contributed by atoms with van der Waals surface area (Å²) in [4.78, 5) is 19.4. The summed E-state index contributed by atoms with van der Waals surface area (Å²) in [5.41, 5.74) is 4.21. The molecule has 0 spiro atoms. The summed E-state index contributed by atoms with van der Waals surface area (Å²) in [6.45, 7) is 0.583. The number of anilines is 1. The second-order valence-electron chi connectivity index (χ2n) is 7.66. The lowest BCUT2D eigenvalue weighted by Gasteiger charge is -2.11. The summed E-state index contributed by atoms with van der Waals surface area (Å²) in [5, 5.41) is 11.0. The molecule has 6 aromatic rings. The number of rotatable bonds is 6. The molecule has 0 amide bonds. The number of hydrogen-bond acceptors (Lipinski definition) is 7. The Labute approximate surface area is 199 Å². The molecule has 5 aromatic heterocycles. The second kappa shape index (κ2) is 8.84. The van der Waals surface area contributed by atoms with E-state index in [9.17, 15) is 0 Å². The summed E-state index contributed by atoms with van der Waals surface area (Å²) < 4.78 is 1.75. The number of hydrogen-bond donors (Lipinski definition) is 1. The molecule has 1 aromatic carbocycles. The summed E-state index contributed by atoms with van der Waals surface area (Å²) in [6.07, 6.45) is 8.96. The van der Waals surface area contributed by atoms with Gasteiger partial charge in [0.1, 0.15) is 10.6 Å². The topological polar surface area (TPSA) is 81.4 Å². The van der Waals surface area contributed by atoms with Crippen LogP contribution in [0.2, 0.25) is 0 Å². The molecule has 6 rings (SSSR count). The van der Waals surface area contributed by atoms with Crippen LogP contribution in [0.25, 0.3) is 38.5 Å². The van der Waals surface area contributed by atoms with Crippen LogP contribution in [0.1, 0.15) is 5.56 Å². The second-order valence-corrected chi connectivity index (χ2v) is 8.52. The van der Waals surface area contributed by atoms with Gasteiger partial charge >= 0.3 is 0 Å². The molecule has 0 fully saturated rings. The fourth-order valence-electron chi connectivity index (χ4n) is 3.81. The number of pyridine rings is 2. The van der Waals surface area contributed by atoms with Crippen LogP contribution >= 0.6 is 11.3 Å². The van der Waals surface area contributed by atoms with Crippen molar-refractivity contribution < 1.29 is 0 Å². The smallest absolute Gasteiger partial charge is 0.164 e. The molecule has 0 saturated carbocycles. The van der Waals surface area contributed by atoms with E-state index in [0.29, 0.717) is 12.4 Å². The molecule has 0 bridgehead atoms. The monoisotopic (exact) mass is 461 g/mol. The van der Waals surface area contributed by atoms with Crippen LogP contribution in [0.5, 0.6) is 0 Å².